The van der Waals surface area contributed by atoms with E-state index in [0.717, 1.165) is 20.5 Å². The number of aromatic nitrogens is 1. The van der Waals surface area contributed by atoms with Crippen molar-refractivity contribution in [1.82, 2.24) is 4.98 Å². The lowest BCUT2D eigenvalue weighted by Crippen LogP contribution is -2.04. The van der Waals surface area contributed by atoms with Gasteiger partial charge in [-0.1, -0.05) is 29.4 Å². The fourth-order valence-corrected chi connectivity index (χ4v) is 2.55. The van der Waals surface area contributed by atoms with Gasteiger partial charge in [-0.25, -0.2) is 4.98 Å². The van der Waals surface area contributed by atoms with Gasteiger partial charge in [0, 0.05) is 22.2 Å². The summed E-state index contributed by atoms with van der Waals surface area (Å²) in [6.07, 6.45) is 1.78. The van der Waals surface area contributed by atoms with Crippen LogP contribution in [0.15, 0.2) is 52.5 Å². The molecule has 1 aromatic carbocycles. The average Bonchev–Trinajstić information content (AvgIpc) is 2.29. The highest BCUT2D eigenvalue weighted by molar-refractivity contribution is 7.99. The van der Waals surface area contributed by atoms with Crippen molar-refractivity contribution in [2.24, 2.45) is 5.73 Å². The fourth-order valence-electron chi connectivity index (χ4n) is 1.42. The lowest BCUT2D eigenvalue weighted by Gasteiger charge is -2.07. The van der Waals surface area contributed by atoms with Crippen molar-refractivity contribution in [3.63, 3.8) is 0 Å². The molecule has 0 aliphatic carbocycles. The van der Waals surface area contributed by atoms with Crippen molar-refractivity contribution < 1.29 is 0 Å². The molecule has 17 heavy (non-hydrogen) atoms. The van der Waals surface area contributed by atoms with E-state index in [9.17, 15) is 0 Å². The molecule has 4 heteroatoms. The van der Waals surface area contributed by atoms with E-state index in [1.54, 1.807) is 18.0 Å². The molecule has 0 aliphatic rings. The molecule has 0 saturated heterocycles. The molecule has 1 aromatic heterocycles. The van der Waals surface area contributed by atoms with Crippen LogP contribution in [-0.2, 0) is 0 Å². The van der Waals surface area contributed by atoms with Crippen molar-refractivity contribution in [2.75, 3.05) is 0 Å². The van der Waals surface area contributed by atoms with Gasteiger partial charge in [-0.15, -0.1) is 0 Å². The molecule has 0 unspecified atom stereocenters. The molecule has 2 rings (SSSR count). The van der Waals surface area contributed by atoms with Gasteiger partial charge in [0.25, 0.3) is 0 Å². The van der Waals surface area contributed by atoms with Crippen LogP contribution in [0.3, 0.4) is 0 Å². The van der Waals surface area contributed by atoms with Gasteiger partial charge in [0.15, 0.2) is 0 Å². The van der Waals surface area contributed by atoms with Crippen LogP contribution in [0.2, 0.25) is 5.02 Å². The van der Waals surface area contributed by atoms with Gasteiger partial charge in [0.2, 0.25) is 0 Å². The number of hydrogen-bond acceptors (Lipinski definition) is 3. The Bertz CT molecular complexity index is 514. The van der Waals surface area contributed by atoms with Crippen molar-refractivity contribution in [2.45, 2.75) is 22.9 Å². The summed E-state index contributed by atoms with van der Waals surface area (Å²) in [6, 6.07) is 11.7. The summed E-state index contributed by atoms with van der Waals surface area (Å²) < 4.78 is 0. The minimum atomic E-state index is 0.0247. The molecule has 0 spiro atoms. The molecule has 0 bridgehead atoms. The molecule has 2 aromatic rings. The maximum atomic E-state index is 5.94. The first kappa shape index (κ1) is 12.4. The number of halogens is 1. The number of nitrogens with two attached hydrogens (primary N) is 1. The first-order valence-electron chi connectivity index (χ1n) is 5.30. The smallest absolute Gasteiger partial charge is 0.101 e. The third-order valence-corrected chi connectivity index (χ3v) is 3.46. The molecule has 1 atom stereocenters. The van der Waals surface area contributed by atoms with E-state index >= 15 is 0 Å². The summed E-state index contributed by atoms with van der Waals surface area (Å²) in [4.78, 5) is 5.39. The molecule has 0 saturated carbocycles. The number of pyridine rings is 1. The van der Waals surface area contributed by atoms with Gasteiger partial charge >= 0.3 is 0 Å². The highest BCUT2D eigenvalue weighted by Gasteiger charge is 2.03. The predicted octanol–water partition coefficient (Wildman–Crippen LogP) is 3.91. The maximum Gasteiger partial charge on any atom is 0.101 e. The minimum absolute atomic E-state index is 0.0247. The molecule has 0 aliphatic heterocycles. The molecule has 0 amide bonds. The topological polar surface area (TPSA) is 38.9 Å². The van der Waals surface area contributed by atoms with Gasteiger partial charge in [-0.2, -0.15) is 0 Å². The number of nitrogens with zero attached hydrogens (tertiary/aromatic N) is 1. The second-order valence-corrected chi connectivity index (χ2v) is 5.31. The monoisotopic (exact) mass is 264 g/mol. The normalized spacial score (nSPS) is 12.4. The summed E-state index contributed by atoms with van der Waals surface area (Å²) in [7, 11) is 0. The van der Waals surface area contributed by atoms with Gasteiger partial charge in [-0.05, 0) is 42.8 Å². The van der Waals surface area contributed by atoms with Crippen molar-refractivity contribution >= 4 is 23.4 Å². The summed E-state index contributed by atoms with van der Waals surface area (Å²) in [5.41, 5.74) is 6.93. The van der Waals surface area contributed by atoms with Gasteiger partial charge in [0.05, 0.1) is 0 Å². The standard InChI is InChI=1S/C13H13ClN2S/c1-9(15)10-5-6-16-13(7-10)17-12-4-2-3-11(14)8-12/h2-9H,15H2,1H3/t9-/m0/s1. The zero-order chi connectivity index (χ0) is 12.3. The first-order valence-corrected chi connectivity index (χ1v) is 6.49. The maximum absolute atomic E-state index is 5.94. The Morgan fingerprint density at radius 2 is 2.12 bits per heavy atom. The number of benzene rings is 1. The predicted molar refractivity (Wildman–Crippen MR) is 72.4 cm³/mol. The summed E-state index contributed by atoms with van der Waals surface area (Å²) in [5, 5.41) is 1.67. The molecular formula is C13H13ClN2S. The average molecular weight is 265 g/mol. The first-order chi connectivity index (χ1) is 8.15. The van der Waals surface area contributed by atoms with Crippen molar-refractivity contribution in [3.05, 3.63) is 53.2 Å². The van der Waals surface area contributed by atoms with E-state index in [1.165, 1.54) is 0 Å². The van der Waals surface area contributed by atoms with Crippen LogP contribution in [0.1, 0.15) is 18.5 Å². The van der Waals surface area contributed by atoms with Crippen LogP contribution in [0.25, 0.3) is 0 Å². The van der Waals surface area contributed by atoms with Crippen LogP contribution in [-0.4, -0.2) is 4.98 Å². The SMILES string of the molecule is C[C@H](N)c1ccnc(Sc2cccc(Cl)c2)c1. The zero-order valence-corrected chi connectivity index (χ0v) is 11.0. The van der Waals surface area contributed by atoms with E-state index in [2.05, 4.69) is 4.98 Å². The van der Waals surface area contributed by atoms with Crippen LogP contribution in [0.4, 0.5) is 0 Å². The van der Waals surface area contributed by atoms with E-state index in [4.69, 9.17) is 17.3 Å². The van der Waals surface area contributed by atoms with Crippen LogP contribution < -0.4 is 5.73 Å². The fraction of sp³-hybridized carbons (Fsp3) is 0.154. The summed E-state index contributed by atoms with van der Waals surface area (Å²) in [5.74, 6) is 0. The third-order valence-electron chi connectivity index (χ3n) is 2.30. The second-order valence-electron chi connectivity index (χ2n) is 3.78. The van der Waals surface area contributed by atoms with E-state index in [0.29, 0.717) is 0 Å². The quantitative estimate of drug-likeness (QED) is 0.914. The van der Waals surface area contributed by atoms with Crippen LogP contribution in [0, 0.1) is 0 Å². The third kappa shape index (κ3) is 3.46. The summed E-state index contributed by atoms with van der Waals surface area (Å²) >= 11 is 7.52. The largest absolute Gasteiger partial charge is 0.324 e. The lowest BCUT2D eigenvalue weighted by atomic mass is 10.1. The highest BCUT2D eigenvalue weighted by Crippen LogP contribution is 2.28. The lowest BCUT2D eigenvalue weighted by molar-refractivity contribution is 0.808. The molecular weight excluding hydrogens is 252 g/mol. The number of rotatable bonds is 3. The molecule has 88 valence electrons. The molecule has 2 N–H and O–H groups in total. The van der Waals surface area contributed by atoms with Crippen molar-refractivity contribution in [1.29, 1.82) is 0 Å². The summed E-state index contributed by atoms with van der Waals surface area (Å²) in [6.45, 7) is 1.96. The Morgan fingerprint density at radius 3 is 2.82 bits per heavy atom. The van der Waals surface area contributed by atoms with E-state index < -0.39 is 0 Å². The van der Waals surface area contributed by atoms with E-state index in [1.807, 2.05) is 43.3 Å². The van der Waals surface area contributed by atoms with Gasteiger partial charge < -0.3 is 5.73 Å². The Morgan fingerprint density at radius 1 is 1.29 bits per heavy atom. The Hall–Kier alpha value is -1.03. The molecule has 2 nitrogen and oxygen atoms in total. The minimum Gasteiger partial charge on any atom is -0.324 e. The van der Waals surface area contributed by atoms with Gasteiger partial charge in [-0.3, -0.25) is 0 Å². The Labute approximate surface area is 110 Å². The van der Waals surface area contributed by atoms with E-state index in [-0.39, 0.29) is 6.04 Å². The molecule has 1 heterocycles. The van der Waals surface area contributed by atoms with Crippen LogP contribution >= 0.6 is 23.4 Å². The van der Waals surface area contributed by atoms with Gasteiger partial charge in [0.1, 0.15) is 5.03 Å². The van der Waals surface area contributed by atoms with Crippen LogP contribution in [0.5, 0.6) is 0 Å². The Kier molecular flexibility index (Phi) is 4.05. The highest BCUT2D eigenvalue weighted by atomic mass is 35.5. The Balaban J connectivity index is 2.21. The zero-order valence-electron chi connectivity index (χ0n) is 9.43. The second kappa shape index (κ2) is 5.54. The number of hydrogen-bond donors (Lipinski definition) is 1. The molecule has 0 fully saturated rings. The molecule has 0 radical (unpaired) electrons. The van der Waals surface area contributed by atoms with Crippen molar-refractivity contribution in [3.8, 4) is 0 Å².